The number of aliphatic hydroxyl groups is 1. The van der Waals surface area contributed by atoms with Gasteiger partial charge < -0.3 is 9.84 Å². The second kappa shape index (κ2) is 32.6. The maximum Gasteiger partial charge on any atom is 0.305 e. The number of unbranched alkanes of at least 4 members (excludes halogenated alkanes) is 24. The summed E-state index contributed by atoms with van der Waals surface area (Å²) >= 11 is 0. The molecule has 1 unspecified atom stereocenters. The molecule has 38 heavy (non-hydrogen) atoms. The molecule has 0 aliphatic heterocycles. The Morgan fingerprint density at radius 2 is 0.816 bits per heavy atom. The largest absolute Gasteiger partial charge is 0.466 e. The minimum atomic E-state index is -0.0942. The molecule has 0 aliphatic rings. The van der Waals surface area contributed by atoms with Crippen molar-refractivity contribution in [3.05, 3.63) is 0 Å². The van der Waals surface area contributed by atoms with E-state index in [0.29, 0.717) is 13.0 Å². The first-order chi connectivity index (χ1) is 18.7. The number of aliphatic hydroxyl groups excluding tert-OH is 1. The lowest BCUT2D eigenvalue weighted by molar-refractivity contribution is -0.143. The number of rotatable bonds is 32. The number of carbonyl (C=O) groups is 1. The molecular weight excluding hydrogens is 468 g/mol. The van der Waals surface area contributed by atoms with Gasteiger partial charge in [-0.1, -0.05) is 174 Å². The summed E-state index contributed by atoms with van der Waals surface area (Å²) in [5.41, 5.74) is 0. The van der Waals surface area contributed by atoms with Crippen LogP contribution < -0.4 is 0 Å². The van der Waals surface area contributed by atoms with E-state index in [2.05, 4.69) is 13.8 Å². The highest BCUT2D eigenvalue weighted by molar-refractivity contribution is 5.69. The Balaban J connectivity index is 3.17. The summed E-state index contributed by atoms with van der Waals surface area (Å²) in [6.07, 6.45) is 37.8. The van der Waals surface area contributed by atoms with E-state index >= 15 is 0 Å². The second-order valence-corrected chi connectivity index (χ2v) is 12.0. The predicted molar refractivity (Wildman–Crippen MR) is 167 cm³/mol. The van der Waals surface area contributed by atoms with Crippen LogP contribution in [0.4, 0.5) is 0 Å². The average Bonchev–Trinajstić information content (AvgIpc) is 2.92. The van der Waals surface area contributed by atoms with Crippen LogP contribution in [0.5, 0.6) is 0 Å². The fourth-order valence-electron chi connectivity index (χ4n) is 5.38. The molecule has 0 fully saturated rings. The first-order valence-corrected chi connectivity index (χ1v) is 17.5. The van der Waals surface area contributed by atoms with Gasteiger partial charge in [-0.2, -0.15) is 0 Å². The van der Waals surface area contributed by atoms with E-state index in [-0.39, 0.29) is 12.1 Å². The summed E-state index contributed by atoms with van der Waals surface area (Å²) < 4.78 is 5.40. The van der Waals surface area contributed by atoms with E-state index in [1.165, 1.54) is 141 Å². The van der Waals surface area contributed by atoms with Crippen LogP contribution in [-0.4, -0.2) is 23.8 Å². The molecule has 0 radical (unpaired) electrons. The summed E-state index contributed by atoms with van der Waals surface area (Å²) in [5.74, 6) is -0.00181. The standard InChI is InChI=1S/C35H70O3/c1-3-5-7-8-9-10-11-12-13-14-15-16-17-18-19-20-21-25-28-32-35(37)38-33-29-26-23-22-24-27-31-34(36)30-6-4-2/h34,36H,3-33H2,1-2H3. The molecule has 1 atom stereocenters. The van der Waals surface area contributed by atoms with E-state index in [4.69, 9.17) is 4.74 Å². The van der Waals surface area contributed by atoms with Gasteiger partial charge in [-0.3, -0.25) is 4.79 Å². The maximum absolute atomic E-state index is 11.9. The van der Waals surface area contributed by atoms with Crippen molar-refractivity contribution < 1.29 is 14.6 Å². The molecule has 0 aliphatic carbocycles. The molecule has 0 amide bonds. The van der Waals surface area contributed by atoms with Crippen LogP contribution in [0.1, 0.15) is 206 Å². The van der Waals surface area contributed by atoms with Crippen molar-refractivity contribution in [1.29, 1.82) is 0 Å². The van der Waals surface area contributed by atoms with Gasteiger partial charge in [0.25, 0.3) is 0 Å². The van der Waals surface area contributed by atoms with E-state index in [1.807, 2.05) is 0 Å². The molecular formula is C35H70O3. The molecule has 0 aromatic carbocycles. The summed E-state index contributed by atoms with van der Waals surface area (Å²) in [5, 5.41) is 9.86. The lowest BCUT2D eigenvalue weighted by atomic mass is 10.0. The zero-order chi connectivity index (χ0) is 27.8. The first-order valence-electron chi connectivity index (χ1n) is 17.5. The van der Waals surface area contributed by atoms with Crippen molar-refractivity contribution in [3.63, 3.8) is 0 Å². The average molecular weight is 539 g/mol. The molecule has 3 heteroatoms. The van der Waals surface area contributed by atoms with Gasteiger partial charge in [-0.05, 0) is 25.7 Å². The third kappa shape index (κ3) is 31.6. The number of carbonyl (C=O) groups excluding carboxylic acids is 1. The van der Waals surface area contributed by atoms with Gasteiger partial charge in [0.05, 0.1) is 12.7 Å². The third-order valence-corrected chi connectivity index (χ3v) is 8.07. The fourth-order valence-corrected chi connectivity index (χ4v) is 5.38. The molecule has 0 saturated carbocycles. The topological polar surface area (TPSA) is 46.5 Å². The van der Waals surface area contributed by atoms with Gasteiger partial charge in [0.15, 0.2) is 0 Å². The molecule has 0 rings (SSSR count). The number of hydrogen-bond acceptors (Lipinski definition) is 3. The Morgan fingerprint density at radius 3 is 1.26 bits per heavy atom. The monoisotopic (exact) mass is 539 g/mol. The van der Waals surface area contributed by atoms with Gasteiger partial charge in [-0.25, -0.2) is 0 Å². The van der Waals surface area contributed by atoms with Crippen molar-refractivity contribution in [2.75, 3.05) is 6.61 Å². The summed E-state index contributed by atoms with van der Waals surface area (Å²) in [6, 6.07) is 0. The highest BCUT2D eigenvalue weighted by atomic mass is 16.5. The lowest BCUT2D eigenvalue weighted by Crippen LogP contribution is -2.06. The van der Waals surface area contributed by atoms with Crippen molar-refractivity contribution in [1.82, 2.24) is 0 Å². The Hall–Kier alpha value is -0.570. The van der Waals surface area contributed by atoms with Crippen molar-refractivity contribution in [2.24, 2.45) is 0 Å². The SMILES string of the molecule is CCCCCCCCCCCCCCCCCCCCCC(=O)OCCCCCCCCC(O)CCCC. The van der Waals surface area contributed by atoms with E-state index in [1.54, 1.807) is 0 Å². The van der Waals surface area contributed by atoms with E-state index < -0.39 is 0 Å². The molecule has 0 heterocycles. The molecule has 0 bridgehead atoms. The number of esters is 1. The minimum absolute atomic E-state index is 0.00181. The highest BCUT2D eigenvalue weighted by Crippen LogP contribution is 2.15. The van der Waals surface area contributed by atoms with Gasteiger partial charge in [-0.15, -0.1) is 0 Å². The van der Waals surface area contributed by atoms with E-state index in [0.717, 1.165) is 44.9 Å². The highest BCUT2D eigenvalue weighted by Gasteiger charge is 2.04. The smallest absolute Gasteiger partial charge is 0.305 e. The van der Waals surface area contributed by atoms with Gasteiger partial charge in [0.1, 0.15) is 0 Å². The number of ether oxygens (including phenoxy) is 1. The summed E-state index contributed by atoms with van der Waals surface area (Å²) in [7, 11) is 0. The van der Waals surface area contributed by atoms with Gasteiger partial charge in [0, 0.05) is 6.42 Å². The van der Waals surface area contributed by atoms with E-state index in [9.17, 15) is 9.90 Å². The van der Waals surface area contributed by atoms with Crippen molar-refractivity contribution in [2.45, 2.75) is 213 Å². The summed E-state index contributed by atoms with van der Waals surface area (Å²) in [6.45, 7) is 5.06. The molecule has 3 nitrogen and oxygen atoms in total. The zero-order valence-corrected chi connectivity index (χ0v) is 26.3. The molecule has 1 N–H and O–H groups in total. The Morgan fingerprint density at radius 1 is 0.474 bits per heavy atom. The zero-order valence-electron chi connectivity index (χ0n) is 26.3. The Labute approximate surface area is 239 Å². The first kappa shape index (κ1) is 37.4. The molecule has 0 saturated heterocycles. The van der Waals surface area contributed by atoms with Crippen LogP contribution in [0.15, 0.2) is 0 Å². The van der Waals surface area contributed by atoms with Crippen LogP contribution in [0.3, 0.4) is 0 Å². The molecule has 0 spiro atoms. The predicted octanol–water partition coefficient (Wildman–Crippen LogP) is 11.6. The Kier molecular flexibility index (Phi) is 32.2. The van der Waals surface area contributed by atoms with Gasteiger partial charge >= 0.3 is 5.97 Å². The molecule has 228 valence electrons. The maximum atomic E-state index is 11.9. The minimum Gasteiger partial charge on any atom is -0.466 e. The lowest BCUT2D eigenvalue weighted by Gasteiger charge is -2.09. The van der Waals surface area contributed by atoms with Crippen LogP contribution in [0, 0.1) is 0 Å². The van der Waals surface area contributed by atoms with Crippen molar-refractivity contribution in [3.8, 4) is 0 Å². The van der Waals surface area contributed by atoms with Gasteiger partial charge in [0.2, 0.25) is 0 Å². The second-order valence-electron chi connectivity index (χ2n) is 12.0. The Bertz CT molecular complexity index is 450. The van der Waals surface area contributed by atoms with Crippen LogP contribution in [0.2, 0.25) is 0 Å². The van der Waals surface area contributed by atoms with Crippen LogP contribution >= 0.6 is 0 Å². The number of hydrogen-bond donors (Lipinski definition) is 1. The normalized spacial score (nSPS) is 12.2. The fraction of sp³-hybridized carbons (Fsp3) is 0.971. The molecule has 0 aromatic rings. The van der Waals surface area contributed by atoms with Crippen molar-refractivity contribution >= 4 is 5.97 Å². The quantitative estimate of drug-likeness (QED) is 0.0684. The van der Waals surface area contributed by atoms with Crippen LogP contribution in [-0.2, 0) is 9.53 Å². The summed E-state index contributed by atoms with van der Waals surface area (Å²) in [4.78, 5) is 11.9. The molecule has 0 aromatic heterocycles. The van der Waals surface area contributed by atoms with Crippen LogP contribution in [0.25, 0.3) is 0 Å². The third-order valence-electron chi connectivity index (χ3n) is 8.07.